The van der Waals surface area contributed by atoms with Gasteiger partial charge in [-0.05, 0) is 25.3 Å². The number of rotatable bonds is 11. The van der Waals surface area contributed by atoms with Crippen LogP contribution in [0.3, 0.4) is 0 Å². The number of nitrogens with zero attached hydrogens (tertiary/aromatic N) is 2. The first-order valence-corrected chi connectivity index (χ1v) is 10.1. The Labute approximate surface area is 152 Å². The van der Waals surface area contributed by atoms with Crippen molar-refractivity contribution in [2.45, 2.75) is 71.6 Å². The lowest BCUT2D eigenvalue weighted by atomic mass is 10.0. The van der Waals surface area contributed by atoms with E-state index >= 15 is 0 Å². The molecule has 1 aromatic rings. The van der Waals surface area contributed by atoms with Crippen molar-refractivity contribution in [1.82, 2.24) is 9.88 Å². The van der Waals surface area contributed by atoms with Crippen molar-refractivity contribution in [3.8, 4) is 0 Å². The van der Waals surface area contributed by atoms with E-state index in [0.29, 0.717) is 5.76 Å². The number of fused-ring (bicyclic) bond motifs is 1. The van der Waals surface area contributed by atoms with E-state index in [2.05, 4.69) is 36.0 Å². The molecule has 0 spiro atoms. The minimum Gasteiger partial charge on any atom is -0.505 e. The molecular weight excluding hydrogens is 308 g/mol. The van der Waals surface area contributed by atoms with Gasteiger partial charge >= 0.3 is 0 Å². The predicted molar refractivity (Wildman–Crippen MR) is 107 cm³/mol. The van der Waals surface area contributed by atoms with Crippen LogP contribution in [0.4, 0.5) is 0 Å². The monoisotopic (exact) mass is 342 g/mol. The van der Waals surface area contributed by atoms with E-state index < -0.39 is 0 Å². The maximum absolute atomic E-state index is 10.6. The fourth-order valence-corrected chi connectivity index (χ4v) is 3.31. The number of pyridine rings is 1. The smallest absolute Gasteiger partial charge is 0.146 e. The third-order valence-corrected chi connectivity index (χ3v) is 4.85. The van der Waals surface area contributed by atoms with E-state index in [1.54, 1.807) is 6.20 Å². The topological polar surface area (TPSA) is 36.4 Å². The molecule has 1 N–H and O–H groups in total. The zero-order valence-electron chi connectivity index (χ0n) is 16.0. The lowest BCUT2D eigenvalue weighted by Crippen LogP contribution is -2.33. The third-order valence-electron chi connectivity index (χ3n) is 4.85. The van der Waals surface area contributed by atoms with Gasteiger partial charge in [-0.1, -0.05) is 64.5 Å². The lowest BCUT2D eigenvalue weighted by molar-refractivity contribution is 0.347. The van der Waals surface area contributed by atoms with Crippen molar-refractivity contribution < 1.29 is 5.11 Å². The fraction of sp³-hybridized carbons (Fsp3) is 0.591. The zero-order chi connectivity index (χ0) is 17.9. The fourth-order valence-electron chi connectivity index (χ4n) is 3.31. The Hall–Kier alpha value is -1.77. The molecule has 0 unspecified atom stereocenters. The van der Waals surface area contributed by atoms with Crippen molar-refractivity contribution >= 4 is 11.8 Å². The largest absolute Gasteiger partial charge is 0.505 e. The van der Waals surface area contributed by atoms with Crippen molar-refractivity contribution in [3.63, 3.8) is 0 Å². The van der Waals surface area contributed by atoms with Gasteiger partial charge < -0.3 is 10.0 Å². The molecular formula is C22H34N2O. The Bertz CT molecular complexity index is 651. The maximum Gasteiger partial charge on any atom is 0.146 e. The summed E-state index contributed by atoms with van der Waals surface area (Å²) in [7, 11) is 0. The van der Waals surface area contributed by atoms with Crippen LogP contribution in [-0.2, 0) is 0 Å². The average Bonchev–Trinajstić information content (AvgIpc) is 2.64. The van der Waals surface area contributed by atoms with Crippen LogP contribution in [-0.4, -0.2) is 28.1 Å². The summed E-state index contributed by atoms with van der Waals surface area (Å²) in [5, 5.41) is 12.4. The van der Waals surface area contributed by atoms with E-state index in [-0.39, 0.29) is 0 Å². The summed E-state index contributed by atoms with van der Waals surface area (Å²) in [5.74, 6) is 0.352. The highest BCUT2D eigenvalue weighted by molar-refractivity contribution is 5.61. The molecule has 1 heterocycles. The summed E-state index contributed by atoms with van der Waals surface area (Å²) < 4.78 is 0. The van der Waals surface area contributed by atoms with Crippen LogP contribution in [0.5, 0.6) is 0 Å². The molecule has 3 heteroatoms. The summed E-state index contributed by atoms with van der Waals surface area (Å²) in [6, 6.07) is 3.94. The molecule has 2 rings (SSSR count). The van der Waals surface area contributed by atoms with Crippen LogP contribution in [0, 0.1) is 0 Å². The summed E-state index contributed by atoms with van der Waals surface area (Å²) in [4.78, 5) is 6.77. The van der Waals surface area contributed by atoms with Gasteiger partial charge in [-0.25, -0.2) is 0 Å². The van der Waals surface area contributed by atoms with Crippen LogP contribution in [0.25, 0.3) is 11.8 Å². The molecule has 0 fully saturated rings. The van der Waals surface area contributed by atoms with Gasteiger partial charge in [0.05, 0.1) is 0 Å². The van der Waals surface area contributed by atoms with Crippen molar-refractivity contribution in [1.29, 1.82) is 0 Å². The Balaban J connectivity index is 2.07. The Morgan fingerprint density at radius 2 is 1.72 bits per heavy atom. The number of unbranched alkanes of at least 4 members (excludes halogenated alkanes) is 6. The van der Waals surface area contributed by atoms with Crippen LogP contribution >= 0.6 is 0 Å². The summed E-state index contributed by atoms with van der Waals surface area (Å²) in [6.45, 7) is 6.66. The first-order valence-electron chi connectivity index (χ1n) is 10.1. The standard InChI is InChI=1S/C22H34N2O/c1-3-5-7-9-16-24(17-10-8-6-4-2)18-20-14-13-19-12-11-15-23-21(19)22(20)25/h11-13,15,18,25H,3-10,14,16-17H2,1-2H3. The highest BCUT2D eigenvalue weighted by atomic mass is 16.3. The number of hydrogen-bond acceptors (Lipinski definition) is 3. The number of aliphatic hydroxyl groups is 1. The molecule has 0 saturated heterocycles. The molecule has 1 aliphatic rings. The number of aliphatic hydroxyl groups excluding tert-OH is 1. The van der Waals surface area contributed by atoms with E-state index in [1.807, 2.05) is 12.1 Å². The van der Waals surface area contributed by atoms with Crippen LogP contribution in [0.1, 0.15) is 71.6 Å². The average molecular weight is 343 g/mol. The molecule has 25 heavy (non-hydrogen) atoms. The number of aromatic nitrogens is 1. The molecule has 0 bridgehead atoms. The van der Waals surface area contributed by atoms with Crippen molar-refractivity contribution in [2.24, 2.45) is 0 Å². The minimum absolute atomic E-state index is 0.352. The highest BCUT2D eigenvalue weighted by Gasteiger charge is 2.12. The van der Waals surface area contributed by atoms with Gasteiger partial charge in [0.15, 0.2) is 0 Å². The quantitative estimate of drug-likeness (QED) is 0.610. The first kappa shape index (κ1) is 19.6. The molecule has 0 saturated carbocycles. The second-order valence-electron chi connectivity index (χ2n) is 7.01. The lowest BCUT2D eigenvalue weighted by Gasteiger charge is -2.23. The molecule has 0 amide bonds. The van der Waals surface area contributed by atoms with Gasteiger partial charge in [-0.15, -0.1) is 0 Å². The molecule has 138 valence electrons. The highest BCUT2D eigenvalue weighted by Crippen LogP contribution is 2.16. The first-order chi connectivity index (χ1) is 12.3. The maximum atomic E-state index is 10.6. The molecule has 3 nitrogen and oxygen atoms in total. The van der Waals surface area contributed by atoms with E-state index in [4.69, 9.17) is 0 Å². The van der Waals surface area contributed by atoms with Gasteiger partial charge in [-0.3, -0.25) is 4.98 Å². The molecule has 0 radical (unpaired) electrons. The second-order valence-corrected chi connectivity index (χ2v) is 7.01. The van der Waals surface area contributed by atoms with Gasteiger partial charge in [0.25, 0.3) is 0 Å². The normalized spacial score (nSPS) is 15.1. The third kappa shape index (κ3) is 6.22. The summed E-state index contributed by atoms with van der Waals surface area (Å²) in [6.07, 6.45) is 17.1. The Morgan fingerprint density at radius 3 is 2.36 bits per heavy atom. The van der Waals surface area contributed by atoms with E-state index in [1.165, 1.54) is 51.4 Å². The van der Waals surface area contributed by atoms with Gasteiger partial charge in [-0.2, -0.15) is 0 Å². The molecule has 0 aliphatic heterocycles. The molecule has 0 aromatic carbocycles. The predicted octanol–water partition coefficient (Wildman–Crippen LogP) is 4.28. The molecule has 1 aromatic heterocycles. The van der Waals surface area contributed by atoms with Gasteiger partial charge in [0.1, 0.15) is 11.1 Å². The van der Waals surface area contributed by atoms with Crippen LogP contribution < -0.4 is 10.6 Å². The summed E-state index contributed by atoms with van der Waals surface area (Å²) in [5.41, 5.74) is 0.997. The second kappa shape index (κ2) is 11.0. The zero-order valence-corrected chi connectivity index (χ0v) is 16.0. The summed E-state index contributed by atoms with van der Waals surface area (Å²) >= 11 is 0. The van der Waals surface area contributed by atoms with Crippen molar-refractivity contribution in [3.05, 3.63) is 40.7 Å². The van der Waals surface area contributed by atoms with Crippen molar-refractivity contribution in [2.75, 3.05) is 13.1 Å². The Kier molecular flexibility index (Phi) is 8.58. The van der Waals surface area contributed by atoms with Crippen LogP contribution in [0.2, 0.25) is 0 Å². The molecule has 0 atom stereocenters. The Morgan fingerprint density at radius 1 is 1.04 bits per heavy atom. The number of hydrogen-bond donors (Lipinski definition) is 1. The van der Waals surface area contributed by atoms with Gasteiger partial charge in [0.2, 0.25) is 0 Å². The van der Waals surface area contributed by atoms with Crippen LogP contribution in [0.15, 0.2) is 30.1 Å². The van der Waals surface area contributed by atoms with E-state index in [0.717, 1.165) is 35.7 Å². The minimum atomic E-state index is 0.352. The van der Waals surface area contributed by atoms with Gasteiger partial charge in [0, 0.05) is 36.3 Å². The van der Waals surface area contributed by atoms with E-state index in [9.17, 15) is 5.11 Å². The molecule has 1 aliphatic carbocycles. The SMILES string of the molecule is CCCCCCN(C=C1CC=c2cccnc2=C1O)CCCCCC.